The molecule has 0 aliphatic carbocycles. The Hall–Kier alpha value is -1.90. The second-order valence-corrected chi connectivity index (χ2v) is 15.7. The lowest BCUT2D eigenvalue weighted by atomic mass is 9.95. The average Bonchev–Trinajstić information content (AvgIpc) is 3.68. The summed E-state index contributed by atoms with van der Waals surface area (Å²) in [6, 6.07) is -1.30. The predicted octanol–water partition coefficient (Wildman–Crippen LogP) is -11.4. The zero-order valence-corrected chi connectivity index (χ0v) is 33.3. The van der Waals surface area contributed by atoms with Crippen molar-refractivity contribution in [2.45, 2.75) is 174 Å². The fourth-order valence-electron chi connectivity index (χ4n) is 8.06. The molecule has 5 saturated heterocycles. The van der Waals surface area contributed by atoms with Gasteiger partial charge in [0.2, 0.25) is 0 Å². The van der Waals surface area contributed by atoms with E-state index in [1.807, 2.05) is 0 Å². The molecule has 1 aromatic heterocycles. The molecule has 0 aromatic carbocycles. The van der Waals surface area contributed by atoms with Gasteiger partial charge in [0.25, 0.3) is 0 Å². The summed E-state index contributed by atoms with van der Waals surface area (Å²) < 4.78 is 50.8. The Morgan fingerprint density at radius 3 is 1.43 bits per heavy atom. The zero-order chi connectivity index (χ0) is 46.2. The van der Waals surface area contributed by atoms with Crippen molar-refractivity contribution in [3.8, 4) is 0 Å². The first kappa shape index (κ1) is 50.5. The zero-order valence-electron chi connectivity index (χ0n) is 33.3. The lowest BCUT2D eigenvalue weighted by molar-refractivity contribution is -0.374. The summed E-state index contributed by atoms with van der Waals surface area (Å²) in [5.74, 6) is 0. The SMILES string of the molecule is C[C@H]1O[C@H](O[C@H]2[C@H](O)[C@@H](O)[C@@H](O[C@H]3[C@H](O)[C@@H](O)C(O)O[C@@H]3CO)O[C@@H]2CO)[C@H](O)[C@@H](O)[C@@H]1n1nnc(CO[C@@H]2O[C@H](CO)[C@@H](O[C@H]3O[C@H](CO)[C@@H](O)[C@H](O)[C@H]3O)[C@H](O)[C@H]2O)c1CO. The molecule has 29 nitrogen and oxygen atoms in total. The highest BCUT2D eigenvalue weighted by Crippen LogP contribution is 2.36. The highest BCUT2D eigenvalue weighted by molar-refractivity contribution is 5.11. The van der Waals surface area contributed by atoms with Crippen LogP contribution in [0.3, 0.4) is 0 Å². The van der Waals surface area contributed by atoms with Crippen molar-refractivity contribution in [3.63, 3.8) is 0 Å². The fraction of sp³-hybridized carbons (Fsp3) is 0.941. The molecule has 25 atom stereocenters. The minimum Gasteiger partial charge on any atom is -0.394 e. The minimum atomic E-state index is -2.00. The summed E-state index contributed by atoms with van der Waals surface area (Å²) in [6.45, 7) is -3.30. The third kappa shape index (κ3) is 10.0. The largest absolute Gasteiger partial charge is 0.394 e. The van der Waals surface area contributed by atoms with Crippen molar-refractivity contribution in [2.75, 3.05) is 26.4 Å². The summed E-state index contributed by atoms with van der Waals surface area (Å²) in [4.78, 5) is 0. The van der Waals surface area contributed by atoms with Gasteiger partial charge in [-0.25, -0.2) is 4.68 Å². The summed E-state index contributed by atoms with van der Waals surface area (Å²) in [6.07, 6.45) is -41.5. The number of nitrogens with zero attached hydrogens (tertiary/aromatic N) is 3. The van der Waals surface area contributed by atoms with Gasteiger partial charge in [0.15, 0.2) is 31.5 Å². The fourth-order valence-corrected chi connectivity index (χ4v) is 8.06. The molecule has 1 aromatic rings. The van der Waals surface area contributed by atoms with Crippen LogP contribution in [0.2, 0.25) is 0 Å². The van der Waals surface area contributed by atoms with E-state index in [-0.39, 0.29) is 11.4 Å². The van der Waals surface area contributed by atoms with Crippen molar-refractivity contribution in [3.05, 3.63) is 11.4 Å². The maximum atomic E-state index is 11.3. The summed E-state index contributed by atoms with van der Waals surface area (Å²) in [5, 5.41) is 185. The van der Waals surface area contributed by atoms with Crippen LogP contribution in [-0.2, 0) is 55.8 Å². The van der Waals surface area contributed by atoms with Gasteiger partial charge >= 0.3 is 0 Å². The predicted molar refractivity (Wildman–Crippen MR) is 190 cm³/mol. The Bertz CT molecular complexity index is 1580. The van der Waals surface area contributed by atoms with Crippen LogP contribution in [0.5, 0.6) is 0 Å². The number of aliphatic hydroxyl groups excluding tert-OH is 17. The van der Waals surface area contributed by atoms with Crippen molar-refractivity contribution in [1.82, 2.24) is 15.0 Å². The van der Waals surface area contributed by atoms with E-state index in [2.05, 4.69) is 10.3 Å². The van der Waals surface area contributed by atoms with Crippen LogP contribution in [0.25, 0.3) is 0 Å². The Morgan fingerprint density at radius 1 is 0.476 bits per heavy atom. The maximum Gasteiger partial charge on any atom is 0.187 e. The minimum absolute atomic E-state index is 0.0981. The van der Waals surface area contributed by atoms with E-state index in [9.17, 15) is 86.8 Å². The first-order valence-electron chi connectivity index (χ1n) is 19.9. The number of aromatic nitrogens is 3. The summed E-state index contributed by atoms with van der Waals surface area (Å²) >= 11 is 0. The van der Waals surface area contributed by atoms with Gasteiger partial charge in [0.05, 0.1) is 51.4 Å². The van der Waals surface area contributed by atoms with E-state index in [0.29, 0.717) is 0 Å². The second-order valence-electron chi connectivity index (χ2n) is 15.7. The first-order valence-corrected chi connectivity index (χ1v) is 19.9. The lowest BCUT2D eigenvalue weighted by Crippen LogP contribution is -2.66. The highest BCUT2D eigenvalue weighted by atomic mass is 16.8. The van der Waals surface area contributed by atoms with E-state index >= 15 is 0 Å². The van der Waals surface area contributed by atoms with Crippen LogP contribution in [0.15, 0.2) is 0 Å². The molecule has 5 fully saturated rings. The van der Waals surface area contributed by atoms with E-state index in [1.54, 1.807) is 0 Å². The number of ether oxygens (including phenoxy) is 9. The molecule has 63 heavy (non-hydrogen) atoms. The number of aliphatic hydroxyl groups is 17. The second kappa shape index (κ2) is 21.4. The normalized spacial score (nSPS) is 48.6. The first-order chi connectivity index (χ1) is 29.9. The molecule has 0 bridgehead atoms. The van der Waals surface area contributed by atoms with Gasteiger partial charge in [-0.3, -0.25) is 0 Å². The Kier molecular flexibility index (Phi) is 17.1. The molecule has 6 heterocycles. The van der Waals surface area contributed by atoms with Crippen LogP contribution in [0, 0.1) is 0 Å². The van der Waals surface area contributed by atoms with E-state index in [1.165, 1.54) is 6.92 Å². The molecule has 364 valence electrons. The topological polar surface area (TPSA) is 458 Å². The van der Waals surface area contributed by atoms with Crippen LogP contribution in [0.4, 0.5) is 0 Å². The highest BCUT2D eigenvalue weighted by Gasteiger charge is 2.55. The molecule has 5 aliphatic heterocycles. The van der Waals surface area contributed by atoms with Gasteiger partial charge in [-0.2, -0.15) is 0 Å². The quantitative estimate of drug-likeness (QED) is 0.0776. The molecular weight excluding hydrogens is 866 g/mol. The number of rotatable bonds is 15. The third-order valence-corrected chi connectivity index (χ3v) is 11.7. The third-order valence-electron chi connectivity index (χ3n) is 11.7. The van der Waals surface area contributed by atoms with Gasteiger partial charge in [-0.1, -0.05) is 5.21 Å². The molecule has 0 amide bonds. The van der Waals surface area contributed by atoms with Gasteiger partial charge in [-0.15, -0.1) is 5.10 Å². The smallest absolute Gasteiger partial charge is 0.187 e. The standard InChI is InChI=1S/C34H57N3O26/c1-8-15(17(44)23(50)32(56-8)61-29-14(6-42)60-34(26(53)21(29)48)62-27-12(4-40)57-30(54)22(49)19(27)46)37-10(2-38)9(35-36-37)7-55-31-25(52)20(47)28(13(5-41)59-31)63-33-24(51)18(45)16(43)11(3-39)58-33/h8,11-34,38-54H,2-7H2,1H3/t8-,11-,12-,13-,14-,15-,16-,17+,18+,19-,20-,21-,22-,23-,24-,25-,26-,27-,28-,29-,30?,31-,32-,33-,34-/m1/s1. The molecule has 0 saturated carbocycles. The molecule has 1 unspecified atom stereocenters. The number of hydrogen-bond donors (Lipinski definition) is 17. The summed E-state index contributed by atoms with van der Waals surface area (Å²) in [7, 11) is 0. The molecule has 5 aliphatic rings. The van der Waals surface area contributed by atoms with Gasteiger partial charge < -0.3 is 129 Å². The van der Waals surface area contributed by atoms with Crippen LogP contribution in [-0.4, -0.2) is 276 Å². The lowest BCUT2D eigenvalue weighted by Gasteiger charge is -2.48. The number of hydrogen-bond acceptors (Lipinski definition) is 28. The average molecular weight is 924 g/mol. The molecule has 29 heteroatoms. The van der Waals surface area contributed by atoms with Gasteiger partial charge in [0.1, 0.15) is 122 Å². The van der Waals surface area contributed by atoms with E-state index in [4.69, 9.17) is 42.6 Å². The van der Waals surface area contributed by atoms with Crippen molar-refractivity contribution < 1.29 is 129 Å². The summed E-state index contributed by atoms with van der Waals surface area (Å²) in [5.41, 5.74) is -0.198. The van der Waals surface area contributed by atoms with Gasteiger partial charge in [-0.05, 0) is 6.92 Å². The van der Waals surface area contributed by atoms with Gasteiger partial charge in [0, 0.05) is 0 Å². The van der Waals surface area contributed by atoms with Crippen LogP contribution in [0.1, 0.15) is 24.4 Å². The molecule has 17 N–H and O–H groups in total. The monoisotopic (exact) mass is 923 g/mol. The molecular formula is C34H57N3O26. The Labute approximate surface area is 355 Å². The molecule has 0 spiro atoms. The van der Waals surface area contributed by atoms with Crippen LogP contribution < -0.4 is 0 Å². The Morgan fingerprint density at radius 2 is 0.905 bits per heavy atom. The van der Waals surface area contributed by atoms with Crippen molar-refractivity contribution in [2.24, 2.45) is 0 Å². The maximum absolute atomic E-state index is 11.3. The van der Waals surface area contributed by atoms with E-state index in [0.717, 1.165) is 4.68 Å². The molecule has 6 rings (SSSR count). The van der Waals surface area contributed by atoms with Crippen LogP contribution >= 0.6 is 0 Å². The van der Waals surface area contributed by atoms with Crippen molar-refractivity contribution >= 4 is 0 Å². The van der Waals surface area contributed by atoms with Crippen molar-refractivity contribution in [1.29, 1.82) is 0 Å². The Balaban J connectivity index is 1.08. The molecule has 0 radical (unpaired) electrons. The van der Waals surface area contributed by atoms with E-state index < -0.39 is 193 Å².